The summed E-state index contributed by atoms with van der Waals surface area (Å²) in [5.74, 6) is -0.958. The Balaban J connectivity index is 2.41. The highest BCUT2D eigenvalue weighted by Crippen LogP contribution is 2.28. The summed E-state index contributed by atoms with van der Waals surface area (Å²) in [6, 6.07) is 6.70. The van der Waals surface area contributed by atoms with Gasteiger partial charge < -0.3 is 9.52 Å². The molecule has 0 saturated carbocycles. The Labute approximate surface area is 90.1 Å². The topological polar surface area (TPSA) is 63.3 Å². The first-order valence-electron chi connectivity index (χ1n) is 4.75. The second-order valence-electron chi connectivity index (χ2n) is 3.49. The number of furan rings is 1. The van der Waals surface area contributed by atoms with E-state index in [2.05, 4.69) is 4.98 Å². The number of carbonyl (C=O) groups is 1. The van der Waals surface area contributed by atoms with Gasteiger partial charge in [0.25, 0.3) is 0 Å². The summed E-state index contributed by atoms with van der Waals surface area (Å²) in [5.41, 5.74) is 1.46. The van der Waals surface area contributed by atoms with Crippen molar-refractivity contribution in [3.63, 3.8) is 0 Å². The van der Waals surface area contributed by atoms with Crippen molar-refractivity contribution in [3.05, 3.63) is 42.2 Å². The number of hydrogen-bond donors (Lipinski definition) is 1. The van der Waals surface area contributed by atoms with E-state index in [1.54, 1.807) is 24.5 Å². The lowest BCUT2D eigenvalue weighted by Gasteiger charge is -1.92. The van der Waals surface area contributed by atoms with Gasteiger partial charge in [0.05, 0.1) is 11.8 Å². The third-order valence-electron chi connectivity index (χ3n) is 2.52. The second-order valence-corrected chi connectivity index (χ2v) is 3.49. The molecule has 0 fully saturated rings. The Kier molecular flexibility index (Phi) is 1.71. The van der Waals surface area contributed by atoms with Crippen molar-refractivity contribution in [2.75, 3.05) is 0 Å². The molecule has 4 nitrogen and oxygen atoms in total. The first-order valence-corrected chi connectivity index (χ1v) is 4.75. The molecule has 0 bridgehead atoms. The van der Waals surface area contributed by atoms with E-state index in [0.29, 0.717) is 11.2 Å². The lowest BCUT2D eigenvalue weighted by atomic mass is 10.1. The second kappa shape index (κ2) is 3.06. The SMILES string of the molecule is O=C(O)c1ccc2c(c1)oc1cnccc12. The number of hydrogen-bond acceptors (Lipinski definition) is 3. The number of nitrogens with zero attached hydrogens (tertiary/aromatic N) is 1. The van der Waals surface area contributed by atoms with Crippen LogP contribution in [0.15, 0.2) is 41.1 Å². The van der Waals surface area contributed by atoms with Crippen LogP contribution in [-0.2, 0) is 0 Å². The van der Waals surface area contributed by atoms with E-state index in [-0.39, 0.29) is 5.56 Å². The minimum absolute atomic E-state index is 0.222. The van der Waals surface area contributed by atoms with Crippen LogP contribution in [0.25, 0.3) is 21.9 Å². The molecule has 0 radical (unpaired) electrons. The molecule has 0 spiro atoms. The fraction of sp³-hybridized carbons (Fsp3) is 0. The fourth-order valence-corrected chi connectivity index (χ4v) is 1.76. The average Bonchev–Trinajstić information content (AvgIpc) is 2.66. The summed E-state index contributed by atoms with van der Waals surface area (Å²) in [6.45, 7) is 0. The molecule has 1 aromatic carbocycles. The van der Waals surface area contributed by atoms with Crippen LogP contribution in [0.1, 0.15) is 10.4 Å². The highest BCUT2D eigenvalue weighted by atomic mass is 16.4. The predicted molar refractivity (Wildman–Crippen MR) is 58.5 cm³/mol. The van der Waals surface area contributed by atoms with Crippen LogP contribution in [-0.4, -0.2) is 16.1 Å². The Morgan fingerprint density at radius 3 is 2.81 bits per heavy atom. The maximum atomic E-state index is 10.8. The van der Waals surface area contributed by atoms with E-state index in [1.165, 1.54) is 6.07 Å². The molecule has 0 aliphatic carbocycles. The van der Waals surface area contributed by atoms with Crippen LogP contribution in [0, 0.1) is 0 Å². The first kappa shape index (κ1) is 8.91. The zero-order valence-electron chi connectivity index (χ0n) is 8.18. The summed E-state index contributed by atoms with van der Waals surface area (Å²) in [6.07, 6.45) is 3.30. The van der Waals surface area contributed by atoms with Crippen LogP contribution in [0.2, 0.25) is 0 Å². The number of aromatic nitrogens is 1. The third-order valence-corrected chi connectivity index (χ3v) is 2.52. The smallest absolute Gasteiger partial charge is 0.335 e. The molecule has 1 N–H and O–H groups in total. The van der Waals surface area contributed by atoms with Gasteiger partial charge in [0.15, 0.2) is 5.58 Å². The van der Waals surface area contributed by atoms with Crippen molar-refractivity contribution in [2.45, 2.75) is 0 Å². The number of aromatic carboxylic acids is 1. The zero-order valence-corrected chi connectivity index (χ0v) is 8.18. The molecule has 2 heterocycles. The maximum Gasteiger partial charge on any atom is 0.335 e. The van der Waals surface area contributed by atoms with E-state index in [9.17, 15) is 4.79 Å². The number of fused-ring (bicyclic) bond motifs is 3. The third kappa shape index (κ3) is 1.16. The van der Waals surface area contributed by atoms with Crippen molar-refractivity contribution in [2.24, 2.45) is 0 Å². The molecule has 0 unspecified atom stereocenters. The number of pyridine rings is 1. The Morgan fingerprint density at radius 2 is 2.00 bits per heavy atom. The zero-order chi connectivity index (χ0) is 11.1. The molecule has 0 aliphatic rings. The monoisotopic (exact) mass is 213 g/mol. The molecule has 0 amide bonds. The minimum atomic E-state index is -0.958. The van der Waals surface area contributed by atoms with E-state index >= 15 is 0 Å². The van der Waals surface area contributed by atoms with Crippen molar-refractivity contribution >= 4 is 27.9 Å². The average molecular weight is 213 g/mol. The van der Waals surface area contributed by atoms with E-state index < -0.39 is 5.97 Å². The summed E-state index contributed by atoms with van der Waals surface area (Å²) in [4.78, 5) is 14.8. The molecule has 78 valence electrons. The predicted octanol–water partition coefficient (Wildman–Crippen LogP) is 2.68. The molecule has 0 atom stereocenters. The van der Waals surface area contributed by atoms with Gasteiger partial charge >= 0.3 is 5.97 Å². The van der Waals surface area contributed by atoms with Gasteiger partial charge in [-0.3, -0.25) is 4.98 Å². The molecule has 0 aliphatic heterocycles. The van der Waals surface area contributed by atoms with Gasteiger partial charge in [0.2, 0.25) is 0 Å². The van der Waals surface area contributed by atoms with Crippen LogP contribution in [0.5, 0.6) is 0 Å². The Morgan fingerprint density at radius 1 is 1.19 bits per heavy atom. The fourth-order valence-electron chi connectivity index (χ4n) is 1.76. The molecule has 4 heteroatoms. The van der Waals surface area contributed by atoms with Crippen molar-refractivity contribution in [3.8, 4) is 0 Å². The standard InChI is InChI=1S/C12H7NO3/c14-12(15)7-1-2-8-9-3-4-13-6-11(9)16-10(8)5-7/h1-6H,(H,14,15). The van der Waals surface area contributed by atoms with Gasteiger partial charge in [-0.2, -0.15) is 0 Å². The lowest BCUT2D eigenvalue weighted by Crippen LogP contribution is -1.94. The Hall–Kier alpha value is -2.36. The summed E-state index contributed by atoms with van der Waals surface area (Å²) < 4.78 is 5.52. The quantitative estimate of drug-likeness (QED) is 0.675. The first-order chi connectivity index (χ1) is 7.75. The minimum Gasteiger partial charge on any atom is -0.478 e. The van der Waals surface area contributed by atoms with Gasteiger partial charge in [-0.1, -0.05) is 0 Å². The maximum absolute atomic E-state index is 10.8. The van der Waals surface area contributed by atoms with E-state index in [4.69, 9.17) is 9.52 Å². The Bertz CT molecular complexity index is 700. The summed E-state index contributed by atoms with van der Waals surface area (Å²) in [5, 5.41) is 10.7. The summed E-state index contributed by atoms with van der Waals surface area (Å²) in [7, 11) is 0. The largest absolute Gasteiger partial charge is 0.478 e. The molecular weight excluding hydrogens is 206 g/mol. The van der Waals surface area contributed by atoms with Crippen molar-refractivity contribution < 1.29 is 14.3 Å². The normalized spacial score (nSPS) is 11.0. The van der Waals surface area contributed by atoms with Crippen LogP contribution < -0.4 is 0 Å². The van der Waals surface area contributed by atoms with Gasteiger partial charge in [-0.15, -0.1) is 0 Å². The van der Waals surface area contributed by atoms with Gasteiger partial charge in [-0.05, 0) is 24.3 Å². The van der Waals surface area contributed by atoms with Crippen LogP contribution in [0.4, 0.5) is 0 Å². The van der Waals surface area contributed by atoms with E-state index in [0.717, 1.165) is 10.8 Å². The number of carboxylic acid groups (broad SMARTS) is 1. The van der Waals surface area contributed by atoms with Crippen LogP contribution >= 0.6 is 0 Å². The van der Waals surface area contributed by atoms with Gasteiger partial charge in [0, 0.05) is 17.0 Å². The van der Waals surface area contributed by atoms with E-state index in [1.807, 2.05) is 6.07 Å². The molecular formula is C12H7NO3. The molecule has 2 aromatic heterocycles. The van der Waals surface area contributed by atoms with Crippen molar-refractivity contribution in [1.29, 1.82) is 0 Å². The number of carboxylic acids is 1. The highest BCUT2D eigenvalue weighted by molar-refractivity contribution is 6.06. The highest BCUT2D eigenvalue weighted by Gasteiger charge is 2.09. The number of rotatable bonds is 1. The van der Waals surface area contributed by atoms with Crippen LogP contribution in [0.3, 0.4) is 0 Å². The molecule has 3 aromatic rings. The lowest BCUT2D eigenvalue weighted by molar-refractivity contribution is 0.0697. The van der Waals surface area contributed by atoms with Gasteiger partial charge in [-0.25, -0.2) is 4.79 Å². The molecule has 16 heavy (non-hydrogen) atoms. The summed E-state index contributed by atoms with van der Waals surface area (Å²) >= 11 is 0. The number of benzene rings is 1. The van der Waals surface area contributed by atoms with Crippen molar-refractivity contribution in [1.82, 2.24) is 4.98 Å². The molecule has 0 saturated heterocycles. The van der Waals surface area contributed by atoms with Gasteiger partial charge in [0.1, 0.15) is 5.58 Å². The molecule has 3 rings (SSSR count).